The Hall–Kier alpha value is -3.61. The van der Waals surface area contributed by atoms with Crippen LogP contribution < -0.4 is 0 Å². The normalized spacial score (nSPS) is 15.4. The molecule has 10 nitrogen and oxygen atoms in total. The molecule has 10 heteroatoms. The third-order valence-corrected chi connectivity index (χ3v) is 5.64. The van der Waals surface area contributed by atoms with Crippen molar-refractivity contribution in [2.75, 3.05) is 0 Å². The minimum Gasteiger partial charge on any atom is -0.358 e. The van der Waals surface area contributed by atoms with Gasteiger partial charge >= 0.3 is 5.82 Å². The van der Waals surface area contributed by atoms with Gasteiger partial charge < -0.3 is 10.1 Å². The molecule has 1 saturated carbocycles. The van der Waals surface area contributed by atoms with E-state index in [1.807, 2.05) is 10.9 Å². The highest BCUT2D eigenvalue weighted by Crippen LogP contribution is 2.37. The number of hydrogen-bond acceptors (Lipinski definition) is 7. The lowest BCUT2D eigenvalue weighted by molar-refractivity contribution is -0.390. The van der Waals surface area contributed by atoms with Crippen molar-refractivity contribution in [3.05, 3.63) is 51.3 Å². The molecule has 0 saturated heterocycles. The molecule has 3 aromatic heterocycles. The summed E-state index contributed by atoms with van der Waals surface area (Å²) in [7, 11) is 0. The van der Waals surface area contributed by atoms with E-state index in [4.69, 9.17) is 0 Å². The molecule has 4 rings (SSSR count). The molecule has 0 aliphatic heterocycles. The molecule has 3 heterocycles. The lowest BCUT2D eigenvalue weighted by atomic mass is 9.96. The van der Waals surface area contributed by atoms with Crippen molar-refractivity contribution in [2.45, 2.75) is 44.7 Å². The molecular weight excluding hydrogens is 374 g/mol. The Bertz CT molecular complexity index is 1100. The highest BCUT2D eigenvalue weighted by Gasteiger charge is 2.28. The van der Waals surface area contributed by atoms with Gasteiger partial charge in [0.15, 0.2) is 5.52 Å². The fourth-order valence-corrected chi connectivity index (χ4v) is 4.31. The Labute approximate surface area is 165 Å². The van der Waals surface area contributed by atoms with E-state index in [-0.39, 0.29) is 18.4 Å². The van der Waals surface area contributed by atoms with Gasteiger partial charge in [0.05, 0.1) is 30.9 Å². The van der Waals surface area contributed by atoms with Gasteiger partial charge in [-0.1, -0.05) is 27.6 Å². The van der Waals surface area contributed by atoms with E-state index in [2.05, 4.69) is 21.4 Å². The molecule has 29 heavy (non-hydrogen) atoms. The molecule has 1 fully saturated rings. The molecule has 3 aromatic rings. The molecule has 0 spiro atoms. The van der Waals surface area contributed by atoms with Crippen LogP contribution in [0.4, 0.5) is 5.82 Å². The number of nitriles is 1. The predicted octanol–water partition coefficient (Wildman–Crippen LogP) is 4.02. The van der Waals surface area contributed by atoms with Crippen LogP contribution in [0.15, 0.2) is 35.9 Å². The van der Waals surface area contributed by atoms with Gasteiger partial charge in [-0.3, -0.25) is 4.68 Å². The summed E-state index contributed by atoms with van der Waals surface area (Å²) >= 11 is 0. The first kappa shape index (κ1) is 18.7. The van der Waals surface area contributed by atoms with Crippen molar-refractivity contribution >= 4 is 11.3 Å². The number of aromatic nitrogens is 4. The molecule has 0 bridgehead atoms. The van der Waals surface area contributed by atoms with E-state index in [0.29, 0.717) is 34.5 Å². The average Bonchev–Trinajstić information content (AvgIpc) is 3.46. The number of nitroso groups, excluding NO2 is 1. The summed E-state index contributed by atoms with van der Waals surface area (Å²) in [6.07, 6.45) is 9.79. The fourth-order valence-electron chi connectivity index (χ4n) is 4.31. The Morgan fingerprint density at radius 3 is 2.79 bits per heavy atom. The predicted molar refractivity (Wildman–Crippen MR) is 104 cm³/mol. The van der Waals surface area contributed by atoms with Gasteiger partial charge in [-0.05, 0) is 29.7 Å². The highest BCUT2D eigenvalue weighted by molar-refractivity contribution is 5.83. The third-order valence-electron chi connectivity index (χ3n) is 5.64. The van der Waals surface area contributed by atoms with E-state index in [1.165, 1.54) is 16.8 Å². The lowest BCUT2D eigenvalue weighted by Crippen LogP contribution is -2.17. The van der Waals surface area contributed by atoms with E-state index >= 15 is 0 Å². The monoisotopic (exact) mass is 393 g/mol. The summed E-state index contributed by atoms with van der Waals surface area (Å²) < 4.78 is 3.06. The Balaban J connectivity index is 1.82. The van der Waals surface area contributed by atoms with Crippen molar-refractivity contribution in [3.8, 4) is 17.2 Å². The van der Waals surface area contributed by atoms with Gasteiger partial charge in [0, 0.05) is 29.0 Å². The van der Waals surface area contributed by atoms with Crippen molar-refractivity contribution in [3.63, 3.8) is 0 Å². The van der Waals surface area contributed by atoms with E-state index in [0.717, 1.165) is 25.7 Å². The van der Waals surface area contributed by atoms with Crippen LogP contribution in [-0.4, -0.2) is 24.3 Å². The summed E-state index contributed by atoms with van der Waals surface area (Å²) in [6, 6.07) is 5.24. The highest BCUT2D eigenvalue weighted by atomic mass is 16.6. The summed E-state index contributed by atoms with van der Waals surface area (Å²) in [4.78, 5) is 21.7. The van der Waals surface area contributed by atoms with Gasteiger partial charge in [0.1, 0.15) is 6.54 Å². The van der Waals surface area contributed by atoms with Crippen LogP contribution in [0.5, 0.6) is 0 Å². The molecule has 148 valence electrons. The van der Waals surface area contributed by atoms with Crippen LogP contribution >= 0.6 is 0 Å². The SMILES string of the molecule is N#CCC(C1CCCC1)n1cc(-c2c(CN=O)cnn3c([N+](=O)[O-])ccc23)cn1. The second-order valence-corrected chi connectivity index (χ2v) is 7.26. The lowest BCUT2D eigenvalue weighted by Gasteiger charge is -2.21. The van der Waals surface area contributed by atoms with Gasteiger partial charge in [0.25, 0.3) is 0 Å². The van der Waals surface area contributed by atoms with Crippen LogP contribution in [0.2, 0.25) is 0 Å². The number of fused-ring (bicyclic) bond motifs is 1. The molecule has 1 aliphatic rings. The number of nitro groups is 1. The van der Waals surface area contributed by atoms with Crippen molar-refractivity contribution in [1.82, 2.24) is 19.4 Å². The number of nitrogens with zero attached hydrogens (tertiary/aromatic N) is 7. The second-order valence-electron chi connectivity index (χ2n) is 7.26. The Morgan fingerprint density at radius 2 is 2.10 bits per heavy atom. The Morgan fingerprint density at radius 1 is 1.31 bits per heavy atom. The van der Waals surface area contributed by atoms with Crippen LogP contribution in [0.25, 0.3) is 16.6 Å². The summed E-state index contributed by atoms with van der Waals surface area (Å²) in [5, 5.41) is 32.1. The first-order valence-electron chi connectivity index (χ1n) is 9.48. The van der Waals surface area contributed by atoms with Gasteiger partial charge in [0.2, 0.25) is 0 Å². The van der Waals surface area contributed by atoms with E-state index in [9.17, 15) is 20.3 Å². The van der Waals surface area contributed by atoms with Crippen LogP contribution in [0.1, 0.15) is 43.7 Å². The summed E-state index contributed by atoms with van der Waals surface area (Å²) in [5.74, 6) is 0.248. The van der Waals surface area contributed by atoms with E-state index < -0.39 is 4.92 Å². The molecule has 1 aliphatic carbocycles. The molecule has 1 unspecified atom stereocenters. The standard InChI is InChI=1S/C19H19N7O3/c20-8-7-16(13-3-1-2-4-13)24-12-15(10-21-24)19-14(11-23-27)9-22-25-17(19)5-6-18(25)26(28)29/h5-6,9-10,12-13,16H,1-4,7,11H2. The van der Waals surface area contributed by atoms with Crippen molar-refractivity contribution in [1.29, 1.82) is 5.26 Å². The maximum absolute atomic E-state index is 11.3. The first-order chi connectivity index (χ1) is 14.1. The first-order valence-corrected chi connectivity index (χ1v) is 9.48. The van der Waals surface area contributed by atoms with Gasteiger partial charge in [-0.15, -0.1) is 0 Å². The van der Waals surface area contributed by atoms with Crippen molar-refractivity contribution < 1.29 is 4.92 Å². The topological polar surface area (TPSA) is 131 Å². The summed E-state index contributed by atoms with van der Waals surface area (Å²) in [6.45, 7) is -0.104. The zero-order valence-electron chi connectivity index (χ0n) is 15.6. The smallest absolute Gasteiger partial charge is 0.348 e. The second kappa shape index (κ2) is 7.79. The molecule has 0 radical (unpaired) electrons. The molecule has 0 N–H and O–H groups in total. The molecular formula is C19H19N7O3. The minimum atomic E-state index is -0.506. The molecule has 1 atom stereocenters. The number of rotatable bonds is 7. The quantitative estimate of drug-likeness (QED) is 0.338. The van der Waals surface area contributed by atoms with Gasteiger partial charge in [-0.2, -0.15) is 15.3 Å². The fraction of sp³-hybridized carbons (Fsp3) is 0.421. The maximum Gasteiger partial charge on any atom is 0.348 e. The van der Waals surface area contributed by atoms with Crippen LogP contribution in [-0.2, 0) is 6.54 Å². The maximum atomic E-state index is 11.3. The van der Waals surface area contributed by atoms with Crippen molar-refractivity contribution in [2.24, 2.45) is 11.1 Å². The zero-order valence-corrected chi connectivity index (χ0v) is 15.6. The molecule has 0 amide bonds. The average molecular weight is 393 g/mol. The number of hydrogen-bond donors (Lipinski definition) is 0. The summed E-state index contributed by atoms with van der Waals surface area (Å²) in [5.41, 5.74) is 2.43. The largest absolute Gasteiger partial charge is 0.358 e. The zero-order chi connectivity index (χ0) is 20.4. The van der Waals surface area contributed by atoms with E-state index in [1.54, 1.807) is 12.3 Å². The van der Waals surface area contributed by atoms with Crippen LogP contribution in [0, 0.1) is 32.3 Å². The van der Waals surface area contributed by atoms with Crippen LogP contribution in [0.3, 0.4) is 0 Å². The minimum absolute atomic E-state index is 0.0112. The van der Waals surface area contributed by atoms with Gasteiger partial charge in [-0.25, -0.2) is 0 Å². The Kier molecular flexibility index (Phi) is 5.03. The molecule has 0 aromatic carbocycles. The third kappa shape index (κ3) is 3.35.